The number of benzene rings is 3. The van der Waals surface area contributed by atoms with E-state index in [9.17, 15) is 9.90 Å². The number of nitrogens with zero attached hydrogens (tertiary/aromatic N) is 2. The van der Waals surface area contributed by atoms with E-state index in [0.717, 1.165) is 42.8 Å². The highest BCUT2D eigenvalue weighted by atomic mass is 16.7. The summed E-state index contributed by atoms with van der Waals surface area (Å²) in [6, 6.07) is 22.3. The van der Waals surface area contributed by atoms with E-state index in [4.69, 9.17) is 14.2 Å². The molecule has 7 heteroatoms. The van der Waals surface area contributed by atoms with Crippen LogP contribution in [0.5, 0.6) is 17.2 Å². The Morgan fingerprint density at radius 1 is 0.973 bits per heavy atom. The topological polar surface area (TPSA) is 71.5 Å². The van der Waals surface area contributed by atoms with Crippen molar-refractivity contribution in [2.75, 3.05) is 40.1 Å². The maximum Gasteiger partial charge on any atom is 0.254 e. The Hall–Kier alpha value is -3.55. The van der Waals surface area contributed by atoms with E-state index in [0.29, 0.717) is 23.6 Å². The van der Waals surface area contributed by atoms with Crippen LogP contribution in [0.1, 0.15) is 34.7 Å². The number of fused-ring (bicyclic) bond motifs is 2. The van der Waals surface area contributed by atoms with Crippen LogP contribution in [0.15, 0.2) is 66.7 Å². The lowest BCUT2D eigenvalue weighted by Gasteiger charge is -2.57. The van der Waals surface area contributed by atoms with Gasteiger partial charge in [-0.05, 0) is 66.4 Å². The van der Waals surface area contributed by atoms with E-state index >= 15 is 0 Å². The molecule has 0 saturated carbocycles. The Labute approximate surface area is 217 Å². The molecule has 0 aliphatic carbocycles. The molecule has 7 nitrogen and oxygen atoms in total. The highest BCUT2D eigenvalue weighted by Crippen LogP contribution is 2.43. The third-order valence-corrected chi connectivity index (χ3v) is 7.98. The van der Waals surface area contributed by atoms with E-state index in [2.05, 4.69) is 35.2 Å². The number of amides is 1. The zero-order chi connectivity index (χ0) is 25.4. The Kier molecular flexibility index (Phi) is 6.49. The molecule has 3 heterocycles. The first kappa shape index (κ1) is 23.8. The smallest absolute Gasteiger partial charge is 0.254 e. The van der Waals surface area contributed by atoms with Crippen LogP contribution in [-0.4, -0.2) is 73.0 Å². The standard InChI is InChI=1S/C30H32N2O5/c1-35-24-6-4-5-22(15-24)20-7-9-21(10-8-20)29-25-17-31(13-2-3-14-32(25)26(29)18-33)30(34)23-11-12-27-28(16-23)37-19-36-27/h4-12,15-16,25-26,29,33H,2-3,13-14,17-19H2,1H3/t25-,26+,29+/m0/s1. The van der Waals surface area contributed by atoms with Crippen LogP contribution >= 0.6 is 0 Å². The van der Waals surface area contributed by atoms with Crippen molar-refractivity contribution >= 4 is 5.91 Å². The lowest BCUT2D eigenvalue weighted by molar-refractivity contribution is -0.0606. The number of methoxy groups -OCH3 is 1. The minimum atomic E-state index is 0.0136. The van der Waals surface area contributed by atoms with Gasteiger partial charge in [-0.2, -0.15) is 0 Å². The molecule has 2 fully saturated rings. The van der Waals surface area contributed by atoms with E-state index in [1.54, 1.807) is 13.2 Å². The number of aliphatic hydroxyl groups excluding tert-OH is 1. The third-order valence-electron chi connectivity index (χ3n) is 7.98. The van der Waals surface area contributed by atoms with Gasteiger partial charge in [-0.15, -0.1) is 0 Å². The van der Waals surface area contributed by atoms with Gasteiger partial charge >= 0.3 is 0 Å². The minimum absolute atomic E-state index is 0.0136. The molecule has 6 rings (SSSR count). The first-order valence-corrected chi connectivity index (χ1v) is 13.0. The van der Waals surface area contributed by atoms with Gasteiger partial charge in [0, 0.05) is 36.7 Å². The number of carbonyl (C=O) groups excluding carboxylic acids is 1. The normalized spacial score (nSPS) is 23.0. The summed E-state index contributed by atoms with van der Waals surface area (Å²) < 4.78 is 16.3. The van der Waals surface area contributed by atoms with E-state index in [1.807, 2.05) is 35.2 Å². The second kappa shape index (κ2) is 10.1. The van der Waals surface area contributed by atoms with Crippen molar-refractivity contribution in [1.29, 1.82) is 0 Å². The predicted molar refractivity (Wildman–Crippen MR) is 140 cm³/mol. The number of hydrogen-bond acceptors (Lipinski definition) is 6. The molecule has 3 atom stereocenters. The van der Waals surface area contributed by atoms with Crippen LogP contribution in [-0.2, 0) is 0 Å². The molecule has 192 valence electrons. The van der Waals surface area contributed by atoms with Gasteiger partial charge in [0.15, 0.2) is 11.5 Å². The van der Waals surface area contributed by atoms with Crippen LogP contribution < -0.4 is 14.2 Å². The molecule has 2 saturated heterocycles. The Morgan fingerprint density at radius 2 is 1.78 bits per heavy atom. The van der Waals surface area contributed by atoms with Crippen molar-refractivity contribution in [1.82, 2.24) is 9.80 Å². The van der Waals surface area contributed by atoms with Crippen molar-refractivity contribution in [3.8, 4) is 28.4 Å². The van der Waals surface area contributed by atoms with Crippen LogP contribution in [0, 0.1) is 0 Å². The Morgan fingerprint density at radius 3 is 2.59 bits per heavy atom. The fraction of sp³-hybridized carbons (Fsp3) is 0.367. The summed E-state index contributed by atoms with van der Waals surface area (Å²) in [7, 11) is 1.68. The highest BCUT2D eigenvalue weighted by Gasteiger charge is 2.49. The summed E-state index contributed by atoms with van der Waals surface area (Å²) >= 11 is 0. The van der Waals surface area contributed by atoms with Crippen LogP contribution in [0.2, 0.25) is 0 Å². The summed E-state index contributed by atoms with van der Waals surface area (Å²) in [5.41, 5.74) is 4.04. The second-order valence-electron chi connectivity index (χ2n) is 9.96. The average Bonchev–Trinajstić information content (AvgIpc) is 3.40. The molecule has 3 aromatic rings. The van der Waals surface area contributed by atoms with E-state index in [-0.39, 0.29) is 37.3 Å². The molecule has 3 aromatic carbocycles. The number of hydrogen-bond donors (Lipinski definition) is 1. The highest BCUT2D eigenvalue weighted by molar-refractivity contribution is 5.95. The molecule has 3 aliphatic heterocycles. The summed E-state index contributed by atoms with van der Waals surface area (Å²) in [5.74, 6) is 2.31. The minimum Gasteiger partial charge on any atom is -0.497 e. The van der Waals surface area contributed by atoms with E-state index < -0.39 is 0 Å². The first-order valence-electron chi connectivity index (χ1n) is 13.0. The molecule has 0 bridgehead atoms. The third kappa shape index (κ3) is 4.43. The number of aliphatic hydroxyl groups is 1. The van der Waals surface area contributed by atoms with Gasteiger partial charge in [-0.1, -0.05) is 36.4 Å². The summed E-state index contributed by atoms with van der Waals surface area (Å²) in [4.78, 5) is 17.9. The summed E-state index contributed by atoms with van der Waals surface area (Å²) in [6.45, 7) is 2.60. The van der Waals surface area contributed by atoms with Gasteiger partial charge in [-0.3, -0.25) is 9.69 Å². The van der Waals surface area contributed by atoms with Gasteiger partial charge in [0.2, 0.25) is 6.79 Å². The van der Waals surface area contributed by atoms with E-state index in [1.165, 1.54) is 5.56 Å². The van der Waals surface area contributed by atoms with Crippen LogP contribution in [0.4, 0.5) is 0 Å². The lowest BCUT2D eigenvalue weighted by atomic mass is 9.74. The van der Waals surface area contributed by atoms with Crippen molar-refractivity contribution < 1.29 is 24.1 Å². The molecule has 1 N–H and O–H groups in total. The molecule has 37 heavy (non-hydrogen) atoms. The zero-order valence-electron chi connectivity index (χ0n) is 21.0. The largest absolute Gasteiger partial charge is 0.497 e. The monoisotopic (exact) mass is 500 g/mol. The number of ether oxygens (including phenoxy) is 3. The predicted octanol–water partition coefficient (Wildman–Crippen LogP) is 4.16. The fourth-order valence-corrected chi connectivity index (χ4v) is 6.04. The number of rotatable bonds is 5. The zero-order valence-corrected chi connectivity index (χ0v) is 21.0. The summed E-state index contributed by atoms with van der Waals surface area (Å²) in [6.07, 6.45) is 1.94. The molecular formula is C30H32N2O5. The quantitative estimate of drug-likeness (QED) is 0.568. The van der Waals surface area contributed by atoms with Crippen molar-refractivity contribution in [2.45, 2.75) is 30.8 Å². The van der Waals surface area contributed by atoms with Crippen molar-refractivity contribution in [2.24, 2.45) is 0 Å². The first-order chi connectivity index (χ1) is 18.2. The molecule has 0 spiro atoms. The molecule has 0 radical (unpaired) electrons. The molecular weight excluding hydrogens is 468 g/mol. The van der Waals surface area contributed by atoms with Gasteiger partial charge in [0.25, 0.3) is 5.91 Å². The van der Waals surface area contributed by atoms with Crippen LogP contribution in [0.25, 0.3) is 11.1 Å². The van der Waals surface area contributed by atoms with Gasteiger partial charge in [-0.25, -0.2) is 0 Å². The second-order valence-corrected chi connectivity index (χ2v) is 9.96. The molecule has 1 amide bonds. The lowest BCUT2D eigenvalue weighted by Crippen LogP contribution is -2.67. The van der Waals surface area contributed by atoms with Crippen molar-refractivity contribution in [3.63, 3.8) is 0 Å². The summed E-state index contributed by atoms with van der Waals surface area (Å²) in [5, 5.41) is 10.3. The van der Waals surface area contributed by atoms with Crippen molar-refractivity contribution in [3.05, 3.63) is 77.9 Å². The molecule has 0 unspecified atom stereocenters. The molecule has 0 aromatic heterocycles. The maximum atomic E-state index is 13.5. The van der Waals surface area contributed by atoms with Gasteiger partial charge in [0.1, 0.15) is 5.75 Å². The molecule has 3 aliphatic rings. The maximum absolute atomic E-state index is 13.5. The average molecular weight is 501 g/mol. The van der Waals surface area contributed by atoms with Gasteiger partial charge < -0.3 is 24.2 Å². The van der Waals surface area contributed by atoms with Gasteiger partial charge in [0.05, 0.1) is 13.7 Å². The fourth-order valence-electron chi connectivity index (χ4n) is 6.04. The van der Waals surface area contributed by atoms with Crippen LogP contribution in [0.3, 0.4) is 0 Å². The Bertz CT molecular complexity index is 1280. The SMILES string of the molecule is COc1cccc(-c2ccc([C@H]3[C@@H](CO)N4CCCCN(C(=O)c5ccc6c(c5)OCO6)C[C@@H]34)cc2)c1. The number of carbonyl (C=O) groups is 1. The Balaban J connectivity index is 1.24.